The number of rotatable bonds is 10. The Morgan fingerprint density at radius 3 is 2.00 bits per heavy atom. The summed E-state index contributed by atoms with van der Waals surface area (Å²) in [6.07, 6.45) is -13.8. The van der Waals surface area contributed by atoms with Gasteiger partial charge in [-0.15, -0.1) is 0 Å². The van der Waals surface area contributed by atoms with Crippen molar-refractivity contribution >= 4 is 11.9 Å². The molecule has 0 bridgehead atoms. The summed E-state index contributed by atoms with van der Waals surface area (Å²) < 4.78 is 35.6. The summed E-state index contributed by atoms with van der Waals surface area (Å²) in [5, 5.41) is 98.5. The summed E-state index contributed by atoms with van der Waals surface area (Å²) >= 11 is 0. The van der Waals surface area contributed by atoms with Crippen LogP contribution in [0.5, 0.6) is 0 Å². The number of allylic oxidation sites excluding steroid dienone is 1. The van der Waals surface area contributed by atoms with Crippen molar-refractivity contribution in [3.05, 3.63) is 11.6 Å². The van der Waals surface area contributed by atoms with Gasteiger partial charge in [-0.3, -0.25) is 9.59 Å². The molecule has 4 saturated carbocycles. The van der Waals surface area contributed by atoms with E-state index in [4.69, 9.17) is 28.4 Å². The Balaban J connectivity index is 1.17. The maximum absolute atomic E-state index is 12.9. The lowest BCUT2D eigenvalue weighted by Crippen LogP contribution is -2.69. The van der Waals surface area contributed by atoms with Crippen molar-refractivity contribution < 1.29 is 84.0 Å². The van der Waals surface area contributed by atoms with Gasteiger partial charge in [-0.2, -0.15) is 0 Å². The molecule has 360 valence electrons. The highest BCUT2D eigenvalue weighted by Crippen LogP contribution is 2.76. The van der Waals surface area contributed by atoms with Gasteiger partial charge in [0.2, 0.25) is 0 Å². The van der Waals surface area contributed by atoms with E-state index in [1.807, 2.05) is 13.8 Å². The van der Waals surface area contributed by atoms with E-state index in [-0.39, 0.29) is 42.2 Å². The second-order valence-electron chi connectivity index (χ2n) is 21.9. The Morgan fingerprint density at radius 2 is 1.40 bits per heavy atom. The quantitative estimate of drug-likeness (QED) is 0.0830. The predicted octanol–water partition coefficient (Wildman–Crippen LogP) is 0.700. The lowest BCUT2D eigenvalue weighted by Gasteiger charge is -2.70. The smallest absolute Gasteiger partial charge is 0.302 e. The van der Waals surface area contributed by atoms with Crippen LogP contribution in [0.15, 0.2) is 11.6 Å². The fourth-order valence-corrected chi connectivity index (χ4v) is 14.8. The molecule has 2 aliphatic heterocycles. The van der Waals surface area contributed by atoms with Crippen LogP contribution < -0.4 is 0 Å². The summed E-state index contributed by atoms with van der Waals surface area (Å²) in [6, 6.07) is 0. The van der Waals surface area contributed by atoms with E-state index < -0.39 is 132 Å². The number of hydrogen-bond acceptors (Lipinski definition) is 17. The molecule has 0 spiro atoms. The predicted molar refractivity (Wildman–Crippen MR) is 221 cm³/mol. The molecule has 7 rings (SSSR count). The van der Waals surface area contributed by atoms with Crippen LogP contribution in [0, 0.1) is 56.7 Å². The Hall–Kier alpha value is -1.84. The van der Waals surface area contributed by atoms with Crippen molar-refractivity contribution in [3.8, 4) is 0 Å². The van der Waals surface area contributed by atoms with Gasteiger partial charge in [0.1, 0.15) is 61.0 Å². The molecule has 17 heteroatoms. The van der Waals surface area contributed by atoms with Crippen molar-refractivity contribution in [1.29, 1.82) is 0 Å². The number of carbonyl (C=O) groups excluding carboxylic acids is 2. The molecular formula is C46H74O17. The minimum absolute atomic E-state index is 0.142. The van der Waals surface area contributed by atoms with Gasteiger partial charge in [0.15, 0.2) is 12.6 Å². The van der Waals surface area contributed by atoms with Crippen LogP contribution in [0.3, 0.4) is 0 Å². The highest BCUT2D eigenvalue weighted by atomic mass is 16.7. The highest BCUT2D eigenvalue weighted by Gasteiger charge is 2.74. The monoisotopic (exact) mass is 898 g/mol. The third-order valence-electron chi connectivity index (χ3n) is 17.9. The molecule has 0 aromatic carbocycles. The van der Waals surface area contributed by atoms with Gasteiger partial charge in [-0.25, -0.2) is 0 Å². The van der Waals surface area contributed by atoms with E-state index in [9.17, 15) is 55.5 Å². The molecule has 2 heterocycles. The number of ether oxygens (including phenoxy) is 6. The van der Waals surface area contributed by atoms with Crippen LogP contribution in [-0.2, 0) is 38.0 Å². The average molecular weight is 899 g/mol. The van der Waals surface area contributed by atoms with Gasteiger partial charge in [0.05, 0.1) is 32.0 Å². The number of hydrogen-bond donors (Lipinski definition) is 9. The van der Waals surface area contributed by atoms with Gasteiger partial charge in [0.25, 0.3) is 0 Å². The molecule has 6 fully saturated rings. The van der Waals surface area contributed by atoms with Gasteiger partial charge in [0, 0.05) is 31.1 Å². The molecule has 63 heavy (non-hydrogen) atoms. The zero-order chi connectivity index (χ0) is 46.5. The Morgan fingerprint density at radius 1 is 0.778 bits per heavy atom. The number of aliphatic hydroxyl groups is 9. The van der Waals surface area contributed by atoms with Crippen LogP contribution >= 0.6 is 0 Å². The average Bonchev–Trinajstić information content (AvgIpc) is 3.52. The lowest BCUT2D eigenvalue weighted by molar-refractivity contribution is -0.350. The Labute approximate surface area is 370 Å². The molecule has 5 aliphatic carbocycles. The molecular weight excluding hydrogens is 824 g/mol. The number of carbonyl (C=O) groups is 2. The van der Waals surface area contributed by atoms with Crippen LogP contribution in [0.25, 0.3) is 0 Å². The summed E-state index contributed by atoms with van der Waals surface area (Å²) in [5.74, 6) is -1.26. The summed E-state index contributed by atoms with van der Waals surface area (Å²) in [5.41, 5.74) is -1.80. The first-order valence-electron chi connectivity index (χ1n) is 22.9. The number of esters is 2. The second-order valence-corrected chi connectivity index (χ2v) is 21.9. The maximum Gasteiger partial charge on any atom is 0.302 e. The summed E-state index contributed by atoms with van der Waals surface area (Å²) in [4.78, 5) is 25.2. The molecule has 2 saturated heterocycles. The first-order valence-corrected chi connectivity index (χ1v) is 22.9. The maximum atomic E-state index is 12.9. The number of aliphatic hydroxyl groups excluding tert-OH is 9. The van der Waals surface area contributed by atoms with E-state index in [0.29, 0.717) is 25.7 Å². The molecule has 0 amide bonds. The normalized spacial score (nSPS) is 51.6. The summed E-state index contributed by atoms with van der Waals surface area (Å²) in [6.45, 7) is 16.7. The standard InChI is InChI=1S/C46H74O17/c1-20(2)24-14-26(51)38-45(9)11-10-23-31(44(45,8)12-13-46(24,38)19-59-21(3)48)25(50)15-30-42(5,6)39(27(60-22(4)49)16-43(23,30)7)63-41-37(57)35(55)33(53)29(62-41)18-58-40-36(56)34(54)32(52)28(17-47)61-40/h10,20,24-41,47,50-57H,11-19H2,1-9H3/t24-,25-,26+,27+,28+,29+,30-,31-,32+,33+,34-,35-,36+,37+,38+,39-,40+,41-,43+,44-,45+,46+/m0/s1. The molecule has 0 aromatic rings. The zero-order valence-electron chi connectivity index (χ0n) is 38.2. The summed E-state index contributed by atoms with van der Waals surface area (Å²) in [7, 11) is 0. The van der Waals surface area contributed by atoms with Crippen LogP contribution in [0.2, 0.25) is 0 Å². The van der Waals surface area contributed by atoms with E-state index >= 15 is 0 Å². The van der Waals surface area contributed by atoms with Crippen molar-refractivity contribution in [1.82, 2.24) is 0 Å². The first-order chi connectivity index (χ1) is 29.3. The largest absolute Gasteiger partial charge is 0.465 e. The van der Waals surface area contributed by atoms with Crippen molar-refractivity contribution in [2.45, 2.75) is 187 Å². The Kier molecular flexibility index (Phi) is 13.5. The topological polar surface area (TPSA) is 272 Å². The fourth-order valence-electron chi connectivity index (χ4n) is 14.8. The van der Waals surface area contributed by atoms with Gasteiger partial charge >= 0.3 is 11.9 Å². The molecule has 0 aromatic heterocycles. The lowest BCUT2D eigenvalue weighted by atomic mass is 9.35. The van der Waals surface area contributed by atoms with Crippen LogP contribution in [-0.4, -0.2) is 164 Å². The molecule has 17 nitrogen and oxygen atoms in total. The van der Waals surface area contributed by atoms with Crippen molar-refractivity contribution in [3.63, 3.8) is 0 Å². The minimum atomic E-state index is -1.80. The van der Waals surface area contributed by atoms with E-state index in [2.05, 4.69) is 40.7 Å². The molecule has 22 atom stereocenters. The SMILES string of the molecule is CC(=O)OC[C@@]12CC[C@@]3(C)[C@H]4C(=CC[C@]3(C)[C@H]1[C@H](O)C[C@H]2C(C)C)[C@@]1(C)C[C@@H](OC(C)=O)[C@H](O[C@@H]2O[C@H](CO[C@@H]3O[C@H](CO)[C@@H](O)[C@H](O)[C@H]3O)[C@@H](O)[C@H](O)[C@H]2O)C(C)(C)[C@@H]1C[C@@H]4O. The Bertz CT molecular complexity index is 1720. The van der Waals surface area contributed by atoms with E-state index in [1.165, 1.54) is 13.8 Å². The third kappa shape index (κ3) is 7.74. The van der Waals surface area contributed by atoms with Crippen LogP contribution in [0.1, 0.15) is 101 Å². The number of fused-ring (bicyclic) bond motifs is 7. The van der Waals surface area contributed by atoms with Crippen molar-refractivity contribution in [2.24, 2.45) is 56.7 Å². The van der Waals surface area contributed by atoms with Crippen molar-refractivity contribution in [2.75, 3.05) is 19.8 Å². The van der Waals surface area contributed by atoms with Crippen LogP contribution in [0.4, 0.5) is 0 Å². The third-order valence-corrected chi connectivity index (χ3v) is 17.9. The van der Waals surface area contributed by atoms with E-state index in [1.54, 1.807) is 0 Å². The van der Waals surface area contributed by atoms with Gasteiger partial charge < -0.3 is 74.4 Å². The van der Waals surface area contributed by atoms with Gasteiger partial charge in [-0.1, -0.05) is 60.1 Å². The molecule has 0 unspecified atom stereocenters. The highest BCUT2D eigenvalue weighted by molar-refractivity contribution is 5.66. The fraction of sp³-hybridized carbons (Fsp3) is 0.913. The van der Waals surface area contributed by atoms with E-state index in [0.717, 1.165) is 18.4 Å². The molecule has 9 N–H and O–H groups in total. The first kappa shape index (κ1) is 49.1. The minimum Gasteiger partial charge on any atom is -0.465 e. The zero-order valence-corrected chi connectivity index (χ0v) is 38.2. The van der Waals surface area contributed by atoms with Gasteiger partial charge in [-0.05, 0) is 77.9 Å². The molecule has 7 aliphatic rings. The second kappa shape index (κ2) is 17.4. The molecule has 0 radical (unpaired) electrons.